The second-order valence-corrected chi connectivity index (χ2v) is 7.55. The fourth-order valence-electron chi connectivity index (χ4n) is 3.59. The van der Waals surface area contributed by atoms with Crippen LogP contribution in [0.5, 0.6) is 0 Å². The minimum Gasteiger partial charge on any atom is -0.378 e. The number of para-hydroxylation sites is 1. The van der Waals surface area contributed by atoms with Gasteiger partial charge in [0, 0.05) is 30.8 Å². The standard InChI is InChI=1S/C22H21ClN6O/c1-27(17-5-3-2-4-6-17)22-25-20(28-11-13-30-14-12-28)19-15-24-29(21(19)26-22)18-9-7-16(23)8-10-18/h2-10,15H,11-14H2,1H3. The Morgan fingerprint density at radius 2 is 1.70 bits per heavy atom. The van der Waals surface area contributed by atoms with E-state index < -0.39 is 0 Å². The summed E-state index contributed by atoms with van der Waals surface area (Å²) in [6.07, 6.45) is 1.83. The van der Waals surface area contributed by atoms with E-state index in [9.17, 15) is 0 Å². The monoisotopic (exact) mass is 420 g/mol. The lowest BCUT2D eigenvalue weighted by Crippen LogP contribution is -2.37. The van der Waals surface area contributed by atoms with Gasteiger partial charge in [0.1, 0.15) is 5.82 Å². The van der Waals surface area contributed by atoms with Gasteiger partial charge in [-0.15, -0.1) is 0 Å². The second kappa shape index (κ2) is 7.93. The van der Waals surface area contributed by atoms with Crippen LogP contribution in [0.15, 0.2) is 60.8 Å². The number of benzene rings is 2. The zero-order valence-corrected chi connectivity index (χ0v) is 17.3. The first-order chi connectivity index (χ1) is 14.7. The highest BCUT2D eigenvalue weighted by Crippen LogP contribution is 2.30. The van der Waals surface area contributed by atoms with Gasteiger partial charge < -0.3 is 14.5 Å². The summed E-state index contributed by atoms with van der Waals surface area (Å²) < 4.78 is 7.37. The Labute approximate surface area is 179 Å². The van der Waals surface area contributed by atoms with Crippen molar-refractivity contribution in [2.75, 3.05) is 43.2 Å². The van der Waals surface area contributed by atoms with Crippen LogP contribution in [-0.4, -0.2) is 53.1 Å². The van der Waals surface area contributed by atoms with Gasteiger partial charge in [-0.05, 0) is 36.4 Å². The van der Waals surface area contributed by atoms with E-state index in [1.807, 2.05) is 77.4 Å². The second-order valence-electron chi connectivity index (χ2n) is 7.11. The molecule has 7 nitrogen and oxygen atoms in total. The minimum absolute atomic E-state index is 0.617. The van der Waals surface area contributed by atoms with Crippen LogP contribution in [0.4, 0.5) is 17.5 Å². The lowest BCUT2D eigenvalue weighted by molar-refractivity contribution is 0.122. The third kappa shape index (κ3) is 3.46. The molecular formula is C22H21ClN6O. The molecule has 0 spiro atoms. The van der Waals surface area contributed by atoms with Crippen molar-refractivity contribution in [3.63, 3.8) is 0 Å². The van der Waals surface area contributed by atoms with Gasteiger partial charge in [0.25, 0.3) is 0 Å². The average molecular weight is 421 g/mol. The number of fused-ring (bicyclic) bond motifs is 1. The van der Waals surface area contributed by atoms with E-state index in [0.29, 0.717) is 24.2 Å². The molecule has 5 rings (SSSR count). The topological polar surface area (TPSA) is 59.3 Å². The summed E-state index contributed by atoms with van der Waals surface area (Å²) >= 11 is 6.07. The molecular weight excluding hydrogens is 400 g/mol. The molecule has 1 aliphatic heterocycles. The van der Waals surface area contributed by atoms with E-state index in [1.165, 1.54) is 0 Å². The first-order valence-corrected chi connectivity index (χ1v) is 10.2. The van der Waals surface area contributed by atoms with Gasteiger partial charge in [-0.1, -0.05) is 29.8 Å². The van der Waals surface area contributed by atoms with E-state index in [1.54, 1.807) is 0 Å². The summed E-state index contributed by atoms with van der Waals surface area (Å²) in [5.41, 5.74) is 2.67. The predicted molar refractivity (Wildman–Crippen MR) is 119 cm³/mol. The molecule has 0 saturated carbocycles. The Morgan fingerprint density at radius 3 is 2.43 bits per heavy atom. The third-order valence-electron chi connectivity index (χ3n) is 5.22. The Kier molecular flexibility index (Phi) is 4.98. The van der Waals surface area contributed by atoms with Gasteiger partial charge in [0.05, 0.1) is 30.5 Å². The SMILES string of the molecule is CN(c1ccccc1)c1nc(N2CCOCC2)c2cnn(-c3ccc(Cl)cc3)c2n1. The molecule has 152 valence electrons. The molecule has 0 aliphatic carbocycles. The number of rotatable bonds is 4. The van der Waals surface area contributed by atoms with Crippen LogP contribution in [-0.2, 0) is 4.74 Å². The summed E-state index contributed by atoms with van der Waals surface area (Å²) in [7, 11) is 1.97. The maximum absolute atomic E-state index is 6.07. The van der Waals surface area contributed by atoms with E-state index in [4.69, 9.17) is 26.3 Å². The van der Waals surface area contributed by atoms with Crippen molar-refractivity contribution < 1.29 is 4.74 Å². The quantitative estimate of drug-likeness (QED) is 0.496. The molecule has 0 radical (unpaired) electrons. The lowest BCUT2D eigenvalue weighted by atomic mass is 10.3. The van der Waals surface area contributed by atoms with Crippen molar-refractivity contribution in [2.24, 2.45) is 0 Å². The van der Waals surface area contributed by atoms with Gasteiger partial charge in [0.15, 0.2) is 5.65 Å². The van der Waals surface area contributed by atoms with Crippen LogP contribution >= 0.6 is 11.6 Å². The van der Waals surface area contributed by atoms with Crippen molar-refractivity contribution in [1.82, 2.24) is 19.7 Å². The molecule has 2 aromatic carbocycles. The molecule has 0 bridgehead atoms. The van der Waals surface area contributed by atoms with Gasteiger partial charge in [0.2, 0.25) is 5.95 Å². The Balaban J connectivity index is 1.68. The number of hydrogen-bond acceptors (Lipinski definition) is 6. The van der Waals surface area contributed by atoms with Crippen LogP contribution < -0.4 is 9.80 Å². The van der Waals surface area contributed by atoms with Gasteiger partial charge >= 0.3 is 0 Å². The van der Waals surface area contributed by atoms with Gasteiger partial charge in [-0.3, -0.25) is 0 Å². The van der Waals surface area contributed by atoms with Gasteiger partial charge in [-0.2, -0.15) is 15.1 Å². The van der Waals surface area contributed by atoms with Crippen molar-refractivity contribution in [3.05, 3.63) is 65.8 Å². The minimum atomic E-state index is 0.617. The molecule has 1 aliphatic rings. The van der Waals surface area contributed by atoms with E-state index in [-0.39, 0.29) is 0 Å². The summed E-state index contributed by atoms with van der Waals surface area (Å²) in [5.74, 6) is 1.49. The van der Waals surface area contributed by atoms with Gasteiger partial charge in [-0.25, -0.2) is 4.68 Å². The number of anilines is 3. The highest BCUT2D eigenvalue weighted by molar-refractivity contribution is 6.30. The Hall–Kier alpha value is -3.16. The number of halogens is 1. The molecule has 1 saturated heterocycles. The lowest BCUT2D eigenvalue weighted by Gasteiger charge is -2.29. The highest BCUT2D eigenvalue weighted by Gasteiger charge is 2.22. The number of morpholine rings is 1. The maximum atomic E-state index is 6.07. The largest absolute Gasteiger partial charge is 0.378 e. The zero-order valence-electron chi connectivity index (χ0n) is 16.6. The predicted octanol–water partition coefficient (Wildman–Crippen LogP) is 4.07. The number of hydrogen-bond donors (Lipinski definition) is 0. The first-order valence-electron chi connectivity index (χ1n) is 9.84. The van der Waals surface area contributed by atoms with Crippen molar-refractivity contribution >= 4 is 40.1 Å². The summed E-state index contributed by atoms with van der Waals surface area (Å²) in [6, 6.07) is 17.7. The molecule has 2 aromatic heterocycles. The third-order valence-corrected chi connectivity index (χ3v) is 5.47. The van der Waals surface area contributed by atoms with Crippen LogP contribution in [0.2, 0.25) is 5.02 Å². The zero-order chi connectivity index (χ0) is 20.5. The van der Waals surface area contributed by atoms with Crippen LogP contribution in [0.25, 0.3) is 16.7 Å². The molecule has 0 amide bonds. The molecule has 0 atom stereocenters. The maximum Gasteiger partial charge on any atom is 0.233 e. The van der Waals surface area contributed by atoms with E-state index >= 15 is 0 Å². The molecule has 8 heteroatoms. The van der Waals surface area contributed by atoms with Crippen molar-refractivity contribution in [3.8, 4) is 5.69 Å². The Bertz CT molecular complexity index is 1160. The summed E-state index contributed by atoms with van der Waals surface area (Å²) in [6.45, 7) is 2.93. The molecule has 4 aromatic rings. The Morgan fingerprint density at radius 1 is 0.967 bits per heavy atom. The fourth-order valence-corrected chi connectivity index (χ4v) is 3.71. The number of aromatic nitrogens is 4. The first kappa shape index (κ1) is 18.8. The molecule has 1 fully saturated rings. The molecule has 0 unspecified atom stereocenters. The van der Waals surface area contributed by atoms with Crippen LogP contribution in [0, 0.1) is 0 Å². The van der Waals surface area contributed by atoms with Crippen molar-refractivity contribution in [1.29, 1.82) is 0 Å². The summed E-state index contributed by atoms with van der Waals surface area (Å²) in [5, 5.41) is 6.22. The van der Waals surface area contributed by atoms with E-state index in [0.717, 1.165) is 41.3 Å². The highest BCUT2D eigenvalue weighted by atomic mass is 35.5. The fraction of sp³-hybridized carbons (Fsp3) is 0.227. The molecule has 30 heavy (non-hydrogen) atoms. The smallest absolute Gasteiger partial charge is 0.233 e. The molecule has 3 heterocycles. The van der Waals surface area contributed by atoms with Crippen molar-refractivity contribution in [2.45, 2.75) is 0 Å². The average Bonchev–Trinajstić information content (AvgIpc) is 3.23. The number of ether oxygens (including phenoxy) is 1. The van der Waals surface area contributed by atoms with Crippen LogP contribution in [0.1, 0.15) is 0 Å². The normalized spacial score (nSPS) is 14.3. The number of nitrogens with zero attached hydrogens (tertiary/aromatic N) is 6. The summed E-state index contributed by atoms with van der Waals surface area (Å²) in [4.78, 5) is 14.1. The molecule has 0 N–H and O–H groups in total. The van der Waals surface area contributed by atoms with E-state index in [2.05, 4.69) is 10.00 Å². The van der Waals surface area contributed by atoms with Crippen LogP contribution in [0.3, 0.4) is 0 Å².